The van der Waals surface area contributed by atoms with Crippen molar-refractivity contribution < 1.29 is 28.1 Å². The van der Waals surface area contributed by atoms with Gasteiger partial charge in [0.1, 0.15) is 0 Å². The Kier molecular flexibility index (Phi) is 5.28. The summed E-state index contributed by atoms with van der Waals surface area (Å²) in [6, 6.07) is 0. The number of aromatic nitrogens is 4. The normalized spacial score (nSPS) is 18.2. The van der Waals surface area contributed by atoms with Gasteiger partial charge in [-0.05, 0) is 0 Å². The maximum atomic E-state index is 5.38. The van der Waals surface area contributed by atoms with Gasteiger partial charge in [0, 0.05) is 0 Å². The summed E-state index contributed by atoms with van der Waals surface area (Å²) in [5.41, 5.74) is 10.8. The molecule has 0 unspecified atom stereocenters. The number of hydrogen-bond acceptors (Lipinski definition) is 10. The number of nitrogen functional groups attached to an aromatic ring is 2. The predicted octanol–water partition coefficient (Wildman–Crippen LogP) is -2.97. The topological polar surface area (TPSA) is 137 Å². The minimum atomic E-state index is 0.321. The molecule has 0 bridgehead atoms. The van der Waals surface area contributed by atoms with Crippen LogP contribution in [-0.4, -0.2) is 63.1 Å². The van der Waals surface area contributed by atoms with Crippen molar-refractivity contribution in [1.82, 2.24) is 10.5 Å². The Morgan fingerprint density at radius 1 is 0.750 bits per heavy atom. The van der Waals surface area contributed by atoms with Crippen molar-refractivity contribution in [3.63, 3.8) is 0 Å². The summed E-state index contributed by atoms with van der Waals surface area (Å²) < 4.78 is 19.8. The van der Waals surface area contributed by atoms with E-state index in [1.54, 1.807) is 22.0 Å². The van der Waals surface area contributed by atoms with Gasteiger partial charge in [-0.1, -0.05) is 0 Å². The second kappa shape index (κ2) is 7.79. The molecule has 0 saturated carbocycles. The Balaban J connectivity index is 0.000000141. The highest BCUT2D eigenvalue weighted by Crippen LogP contribution is 1.94. The second-order valence-corrected chi connectivity index (χ2v) is 5.18. The summed E-state index contributed by atoms with van der Waals surface area (Å²) >= 11 is 0. The van der Waals surface area contributed by atoms with Gasteiger partial charge in [-0.15, -0.1) is 10.0 Å². The van der Waals surface area contributed by atoms with Gasteiger partial charge in [0.05, 0.1) is 62.2 Å². The van der Waals surface area contributed by atoms with E-state index in [0.717, 1.165) is 52.6 Å². The van der Waals surface area contributed by atoms with E-state index in [2.05, 4.69) is 10.5 Å². The minimum absolute atomic E-state index is 0.321. The molecule has 12 nitrogen and oxygen atoms in total. The third-order valence-corrected chi connectivity index (χ3v) is 3.50. The van der Waals surface area contributed by atoms with E-state index >= 15 is 0 Å². The molecular formula is C12H22N8O4+2. The zero-order valence-electron chi connectivity index (χ0n) is 13.3. The van der Waals surface area contributed by atoms with Gasteiger partial charge in [-0.2, -0.15) is 0 Å². The summed E-state index contributed by atoms with van der Waals surface area (Å²) in [6.45, 7) is 6.15. The first-order valence-electron chi connectivity index (χ1n) is 7.66. The first-order valence-corrected chi connectivity index (χ1v) is 7.66. The Bertz CT molecular complexity index is 566. The Morgan fingerprint density at radius 3 is 1.42 bits per heavy atom. The molecule has 12 heteroatoms. The number of ether oxygens (including phenoxy) is 2. The molecule has 2 aliphatic rings. The SMILES string of the molecule is Nc1c[n+](N2CCOCC2)no1.Nc1c[n+](N2CCOCC2)no1. The van der Waals surface area contributed by atoms with Crippen LogP contribution in [0.3, 0.4) is 0 Å². The van der Waals surface area contributed by atoms with Crippen LogP contribution in [0.15, 0.2) is 21.4 Å². The van der Waals surface area contributed by atoms with Gasteiger partial charge in [-0.25, -0.2) is 0 Å². The van der Waals surface area contributed by atoms with E-state index in [1.165, 1.54) is 0 Å². The molecule has 2 saturated heterocycles. The van der Waals surface area contributed by atoms with Crippen LogP contribution in [0, 0.1) is 0 Å². The molecule has 2 aromatic heterocycles. The van der Waals surface area contributed by atoms with Gasteiger partial charge < -0.3 is 20.9 Å². The molecule has 132 valence electrons. The maximum Gasteiger partial charge on any atom is 0.296 e. The summed E-state index contributed by atoms with van der Waals surface area (Å²) in [6.07, 6.45) is 3.29. The lowest BCUT2D eigenvalue weighted by atomic mass is 10.5. The van der Waals surface area contributed by atoms with E-state index in [0.29, 0.717) is 11.8 Å². The van der Waals surface area contributed by atoms with Crippen molar-refractivity contribution in [3.8, 4) is 0 Å². The smallest absolute Gasteiger partial charge is 0.296 e. The van der Waals surface area contributed by atoms with Crippen LogP contribution in [0.5, 0.6) is 0 Å². The number of anilines is 2. The van der Waals surface area contributed by atoms with Crippen molar-refractivity contribution in [2.24, 2.45) is 0 Å². The monoisotopic (exact) mass is 342 g/mol. The molecule has 0 atom stereocenters. The molecular weight excluding hydrogens is 320 g/mol. The fourth-order valence-electron chi connectivity index (χ4n) is 2.28. The van der Waals surface area contributed by atoms with E-state index in [-0.39, 0.29) is 0 Å². The molecule has 0 aromatic carbocycles. The fraction of sp³-hybridized carbons (Fsp3) is 0.667. The van der Waals surface area contributed by atoms with Crippen LogP contribution in [0.1, 0.15) is 0 Å². The number of nitrogens with two attached hydrogens (primary N) is 2. The van der Waals surface area contributed by atoms with E-state index in [1.807, 2.05) is 10.0 Å². The molecule has 0 spiro atoms. The van der Waals surface area contributed by atoms with Gasteiger partial charge in [-0.3, -0.25) is 9.05 Å². The standard InChI is InChI=1S/2C6H11N4O2/c2*7-6-5-10(8-12-6)9-1-3-11-4-2-9/h2*5H,1-4,7H2/q2*+1. The van der Waals surface area contributed by atoms with Gasteiger partial charge in [0.2, 0.25) is 10.5 Å². The second-order valence-electron chi connectivity index (χ2n) is 5.18. The van der Waals surface area contributed by atoms with E-state index in [4.69, 9.17) is 30.0 Å². The molecule has 2 aliphatic heterocycles. The van der Waals surface area contributed by atoms with Gasteiger partial charge in [0.25, 0.3) is 24.2 Å². The summed E-state index contributed by atoms with van der Waals surface area (Å²) in [7, 11) is 0. The summed E-state index contributed by atoms with van der Waals surface area (Å²) in [4.78, 5) is 3.22. The first kappa shape index (κ1) is 16.3. The Hall–Kier alpha value is -2.60. The Labute approximate surface area is 137 Å². The van der Waals surface area contributed by atoms with Crippen molar-refractivity contribution >= 4 is 11.8 Å². The molecule has 0 radical (unpaired) electrons. The first-order chi connectivity index (χ1) is 11.7. The molecule has 4 rings (SSSR count). The zero-order valence-corrected chi connectivity index (χ0v) is 13.3. The Morgan fingerprint density at radius 2 is 1.12 bits per heavy atom. The average Bonchev–Trinajstić information content (AvgIpc) is 3.26. The van der Waals surface area contributed by atoms with Crippen LogP contribution in [0.4, 0.5) is 11.8 Å². The van der Waals surface area contributed by atoms with Gasteiger partial charge >= 0.3 is 0 Å². The maximum absolute atomic E-state index is 5.38. The molecule has 0 aliphatic carbocycles. The highest BCUT2D eigenvalue weighted by molar-refractivity contribution is 5.12. The third-order valence-electron chi connectivity index (χ3n) is 3.50. The molecule has 24 heavy (non-hydrogen) atoms. The van der Waals surface area contributed by atoms with E-state index in [9.17, 15) is 0 Å². The van der Waals surface area contributed by atoms with Crippen molar-refractivity contribution in [1.29, 1.82) is 0 Å². The molecule has 4 heterocycles. The average molecular weight is 342 g/mol. The lowest BCUT2D eigenvalue weighted by molar-refractivity contribution is -0.760. The fourth-order valence-corrected chi connectivity index (χ4v) is 2.28. The highest BCUT2D eigenvalue weighted by Gasteiger charge is 2.22. The number of nitrogens with zero attached hydrogens (tertiary/aromatic N) is 6. The van der Waals surface area contributed by atoms with Gasteiger partial charge in [0.15, 0.2) is 0 Å². The number of morpholine rings is 2. The summed E-state index contributed by atoms with van der Waals surface area (Å²) in [5, 5.41) is 11.5. The molecule has 2 fully saturated rings. The summed E-state index contributed by atoms with van der Waals surface area (Å²) in [5.74, 6) is 0.642. The van der Waals surface area contributed by atoms with Crippen molar-refractivity contribution in [3.05, 3.63) is 12.4 Å². The largest absolute Gasteiger partial charge is 0.377 e. The lowest BCUT2D eigenvalue weighted by Gasteiger charge is -2.18. The predicted molar refractivity (Wildman–Crippen MR) is 79.8 cm³/mol. The number of rotatable bonds is 2. The van der Waals surface area contributed by atoms with Crippen LogP contribution in [0.25, 0.3) is 0 Å². The molecule has 2 aromatic rings. The van der Waals surface area contributed by atoms with Crippen molar-refractivity contribution in [2.45, 2.75) is 0 Å². The third kappa shape index (κ3) is 4.23. The minimum Gasteiger partial charge on any atom is -0.377 e. The molecule has 4 N–H and O–H groups in total. The van der Waals surface area contributed by atoms with Crippen LogP contribution in [0.2, 0.25) is 0 Å². The van der Waals surface area contributed by atoms with Crippen LogP contribution < -0.4 is 31.1 Å². The van der Waals surface area contributed by atoms with Crippen LogP contribution in [-0.2, 0) is 9.47 Å². The lowest BCUT2D eigenvalue weighted by Crippen LogP contribution is -2.62. The quantitative estimate of drug-likeness (QED) is 0.544. The molecule has 0 amide bonds. The van der Waals surface area contributed by atoms with Crippen molar-refractivity contribution in [2.75, 3.05) is 74.1 Å². The van der Waals surface area contributed by atoms with E-state index < -0.39 is 0 Å². The highest BCUT2D eigenvalue weighted by atomic mass is 16.5. The zero-order chi connectivity index (χ0) is 16.8. The number of hydrogen-bond donors (Lipinski definition) is 2. The van der Waals surface area contributed by atoms with Crippen LogP contribution >= 0.6 is 0 Å².